The Morgan fingerprint density at radius 1 is 1.21 bits per heavy atom. The summed E-state index contributed by atoms with van der Waals surface area (Å²) < 4.78 is 5.63. The Morgan fingerprint density at radius 2 is 1.95 bits per heavy atom. The van der Waals surface area contributed by atoms with Crippen molar-refractivity contribution in [2.75, 3.05) is 0 Å². The van der Waals surface area contributed by atoms with Crippen LogP contribution in [0.2, 0.25) is 5.15 Å². The van der Waals surface area contributed by atoms with E-state index >= 15 is 0 Å². The molecule has 5 heteroatoms. The van der Waals surface area contributed by atoms with Crippen LogP contribution in [0.1, 0.15) is 30.1 Å². The molecule has 4 nitrogen and oxygen atoms in total. The normalized spacial score (nSPS) is 13.9. The number of nitriles is 1. The number of benzene rings is 1. The van der Waals surface area contributed by atoms with Crippen molar-refractivity contribution in [1.82, 2.24) is 9.97 Å². The third-order valence-electron chi connectivity index (χ3n) is 2.84. The number of aromatic nitrogens is 2. The zero-order chi connectivity index (χ0) is 13.2. The lowest BCUT2D eigenvalue weighted by atomic mass is 10.2. The van der Waals surface area contributed by atoms with Gasteiger partial charge in [0, 0.05) is 12.0 Å². The molecule has 19 heavy (non-hydrogen) atoms. The zero-order valence-corrected chi connectivity index (χ0v) is 10.8. The van der Waals surface area contributed by atoms with E-state index in [0.29, 0.717) is 28.3 Å². The molecule has 0 atom stereocenters. The first kappa shape index (κ1) is 11.9. The van der Waals surface area contributed by atoms with Crippen LogP contribution in [0.3, 0.4) is 0 Å². The van der Waals surface area contributed by atoms with E-state index in [-0.39, 0.29) is 0 Å². The van der Waals surface area contributed by atoms with Crippen LogP contribution in [0.15, 0.2) is 30.3 Å². The number of hydrogen-bond donors (Lipinski definition) is 0. The summed E-state index contributed by atoms with van der Waals surface area (Å²) in [4.78, 5) is 8.55. The first-order valence-electron chi connectivity index (χ1n) is 5.97. The summed E-state index contributed by atoms with van der Waals surface area (Å²) >= 11 is 5.96. The molecule has 1 aliphatic rings. The molecule has 3 rings (SSSR count). The summed E-state index contributed by atoms with van der Waals surface area (Å²) in [7, 11) is 0. The molecule has 1 saturated carbocycles. The van der Waals surface area contributed by atoms with E-state index in [9.17, 15) is 0 Å². The lowest BCUT2D eigenvalue weighted by molar-refractivity contribution is 0.458. The molecule has 0 spiro atoms. The Hall–Kier alpha value is -2.12. The monoisotopic (exact) mass is 271 g/mol. The second kappa shape index (κ2) is 4.87. The van der Waals surface area contributed by atoms with Crippen LogP contribution >= 0.6 is 11.6 Å². The second-order valence-corrected chi connectivity index (χ2v) is 4.79. The fourth-order valence-corrected chi connectivity index (χ4v) is 1.89. The van der Waals surface area contributed by atoms with Gasteiger partial charge in [0.2, 0.25) is 5.88 Å². The Labute approximate surface area is 115 Å². The first-order chi connectivity index (χ1) is 9.24. The average Bonchev–Trinajstić information content (AvgIpc) is 3.23. The van der Waals surface area contributed by atoms with Crippen molar-refractivity contribution >= 4 is 11.6 Å². The lowest BCUT2D eigenvalue weighted by Crippen LogP contribution is -1.96. The molecule has 0 radical (unpaired) electrons. The first-order valence-corrected chi connectivity index (χ1v) is 6.35. The van der Waals surface area contributed by atoms with Crippen LogP contribution in [0.25, 0.3) is 0 Å². The largest absolute Gasteiger partial charge is 0.439 e. The number of hydrogen-bond acceptors (Lipinski definition) is 4. The molecule has 0 N–H and O–H groups in total. The molecule has 1 aromatic heterocycles. The van der Waals surface area contributed by atoms with Crippen molar-refractivity contribution < 1.29 is 4.74 Å². The Bertz CT molecular complexity index is 645. The predicted molar refractivity (Wildman–Crippen MR) is 70.2 cm³/mol. The molecule has 1 heterocycles. The van der Waals surface area contributed by atoms with Crippen LogP contribution in [0, 0.1) is 11.3 Å². The Kier molecular flexibility index (Phi) is 3.06. The van der Waals surface area contributed by atoms with Gasteiger partial charge in [0.25, 0.3) is 0 Å². The van der Waals surface area contributed by atoms with Crippen LogP contribution in [0.4, 0.5) is 0 Å². The maximum Gasteiger partial charge on any atom is 0.224 e. The summed E-state index contributed by atoms with van der Waals surface area (Å²) in [5.41, 5.74) is 0.590. The fourth-order valence-electron chi connectivity index (χ4n) is 1.71. The molecule has 0 aliphatic heterocycles. The van der Waals surface area contributed by atoms with Crippen LogP contribution in [-0.2, 0) is 0 Å². The topological polar surface area (TPSA) is 58.8 Å². The number of halogens is 1. The predicted octanol–water partition coefficient (Wildman–Crippen LogP) is 3.67. The van der Waals surface area contributed by atoms with Gasteiger partial charge in [0.15, 0.2) is 0 Å². The van der Waals surface area contributed by atoms with Crippen LogP contribution < -0.4 is 4.74 Å². The molecular formula is C14H10ClN3O. The molecular weight excluding hydrogens is 262 g/mol. The highest BCUT2D eigenvalue weighted by molar-refractivity contribution is 6.29. The number of rotatable bonds is 3. The summed E-state index contributed by atoms with van der Waals surface area (Å²) in [5.74, 6) is 2.22. The minimum atomic E-state index is 0.389. The van der Waals surface area contributed by atoms with Crippen molar-refractivity contribution in [2.24, 2.45) is 0 Å². The lowest BCUT2D eigenvalue weighted by Gasteiger charge is -2.06. The highest BCUT2D eigenvalue weighted by Crippen LogP contribution is 2.39. The highest BCUT2D eigenvalue weighted by atomic mass is 35.5. The van der Waals surface area contributed by atoms with Gasteiger partial charge >= 0.3 is 0 Å². The molecule has 0 unspecified atom stereocenters. The van der Waals surface area contributed by atoms with E-state index in [1.807, 2.05) is 0 Å². The average molecular weight is 272 g/mol. The molecule has 0 saturated heterocycles. The van der Waals surface area contributed by atoms with E-state index in [4.69, 9.17) is 21.6 Å². The smallest absolute Gasteiger partial charge is 0.224 e. The van der Waals surface area contributed by atoms with Gasteiger partial charge in [-0.25, -0.2) is 4.98 Å². The summed E-state index contributed by atoms with van der Waals surface area (Å²) in [6, 6.07) is 10.5. The van der Waals surface area contributed by atoms with E-state index in [1.54, 1.807) is 30.3 Å². The van der Waals surface area contributed by atoms with Gasteiger partial charge in [0.1, 0.15) is 16.7 Å². The molecule has 94 valence electrons. The minimum Gasteiger partial charge on any atom is -0.439 e. The van der Waals surface area contributed by atoms with Crippen molar-refractivity contribution in [2.45, 2.75) is 18.8 Å². The van der Waals surface area contributed by atoms with E-state index in [1.165, 1.54) is 0 Å². The van der Waals surface area contributed by atoms with Crippen LogP contribution in [0.5, 0.6) is 11.6 Å². The Morgan fingerprint density at radius 3 is 2.58 bits per heavy atom. The third kappa shape index (κ3) is 2.83. The molecule has 0 amide bonds. The summed E-state index contributed by atoms with van der Waals surface area (Å²) in [6.45, 7) is 0. The number of ether oxygens (including phenoxy) is 1. The quantitative estimate of drug-likeness (QED) is 0.799. The van der Waals surface area contributed by atoms with Crippen molar-refractivity contribution in [3.05, 3.63) is 46.9 Å². The summed E-state index contributed by atoms with van der Waals surface area (Å²) in [6.07, 6.45) is 2.22. The van der Waals surface area contributed by atoms with Gasteiger partial charge in [-0.3, -0.25) is 0 Å². The van der Waals surface area contributed by atoms with E-state index in [0.717, 1.165) is 18.7 Å². The summed E-state index contributed by atoms with van der Waals surface area (Å²) in [5, 5.41) is 9.12. The van der Waals surface area contributed by atoms with Gasteiger partial charge in [0.05, 0.1) is 11.6 Å². The van der Waals surface area contributed by atoms with Crippen LogP contribution in [-0.4, -0.2) is 9.97 Å². The van der Waals surface area contributed by atoms with Gasteiger partial charge in [-0.2, -0.15) is 10.2 Å². The molecule has 1 aliphatic carbocycles. The maximum absolute atomic E-state index is 8.73. The van der Waals surface area contributed by atoms with Crippen molar-refractivity contribution in [1.29, 1.82) is 5.26 Å². The minimum absolute atomic E-state index is 0.389. The molecule has 1 fully saturated rings. The van der Waals surface area contributed by atoms with Crippen molar-refractivity contribution in [3.8, 4) is 17.7 Å². The fraction of sp³-hybridized carbons (Fsp3) is 0.214. The maximum atomic E-state index is 8.73. The molecule has 2 aromatic rings. The molecule has 1 aromatic carbocycles. The SMILES string of the molecule is N#Cc1ccc(Oc2cc(Cl)nc(C3CC3)n2)cc1. The van der Waals surface area contributed by atoms with E-state index < -0.39 is 0 Å². The molecule has 0 bridgehead atoms. The highest BCUT2D eigenvalue weighted by Gasteiger charge is 2.27. The second-order valence-electron chi connectivity index (χ2n) is 4.40. The third-order valence-corrected chi connectivity index (χ3v) is 3.03. The van der Waals surface area contributed by atoms with Gasteiger partial charge in [-0.1, -0.05) is 11.6 Å². The van der Waals surface area contributed by atoms with Gasteiger partial charge in [-0.05, 0) is 37.1 Å². The Balaban J connectivity index is 1.83. The van der Waals surface area contributed by atoms with Gasteiger partial charge in [-0.15, -0.1) is 0 Å². The van der Waals surface area contributed by atoms with Crippen molar-refractivity contribution in [3.63, 3.8) is 0 Å². The zero-order valence-electron chi connectivity index (χ0n) is 10.0. The number of nitrogens with zero attached hydrogens (tertiary/aromatic N) is 3. The van der Waals surface area contributed by atoms with Gasteiger partial charge < -0.3 is 4.74 Å². The van der Waals surface area contributed by atoms with E-state index in [2.05, 4.69) is 16.0 Å². The standard InChI is InChI=1S/C14H10ClN3O/c15-12-7-13(18-14(17-12)10-3-4-10)19-11-5-1-9(8-16)2-6-11/h1-2,5-7,10H,3-4H2.